The molecule has 0 N–H and O–H groups in total. The van der Waals surface area contributed by atoms with Gasteiger partial charge < -0.3 is 9.31 Å². The maximum atomic E-state index is 14.6. The Morgan fingerprint density at radius 2 is 1.71 bits per heavy atom. The van der Waals surface area contributed by atoms with Crippen molar-refractivity contribution in [3.63, 3.8) is 0 Å². The van der Waals surface area contributed by atoms with Crippen molar-refractivity contribution in [3.8, 4) is 0 Å². The predicted octanol–water partition coefficient (Wildman–Crippen LogP) is 3.11. The molecule has 4 rings (SSSR count). The molecule has 3 heterocycles. The molecule has 0 spiro atoms. The molecule has 154 valence electrons. The third kappa shape index (κ3) is 3.54. The van der Waals surface area contributed by atoms with E-state index in [2.05, 4.69) is 4.98 Å². The minimum atomic E-state index is -4.26. The average Bonchev–Trinajstić information content (AvgIpc) is 3.02. The van der Waals surface area contributed by atoms with Crippen LogP contribution >= 0.6 is 0 Å². The standard InChI is InChI=1S/C18H22BF5N2O2/c1-15-10-16(15,2)28-19(27-15)13-3-4-14(25-9-13)17(20,21)11-26-7-5-12(6-8-26)18(22,23)24/h3-4,9,12H,5-8,10-11H2,1-2H3. The number of hydrogen-bond donors (Lipinski definition) is 0. The number of alkyl halides is 5. The molecular formula is C18H22BF5N2O2. The molecule has 3 aliphatic rings. The molecule has 28 heavy (non-hydrogen) atoms. The van der Waals surface area contributed by atoms with E-state index in [1.165, 1.54) is 23.2 Å². The summed E-state index contributed by atoms with van der Waals surface area (Å²) >= 11 is 0. The molecule has 3 fully saturated rings. The summed E-state index contributed by atoms with van der Waals surface area (Å²) in [6.07, 6.45) is -2.45. The third-order valence-electron chi connectivity index (χ3n) is 6.31. The van der Waals surface area contributed by atoms with Gasteiger partial charge in [-0.2, -0.15) is 22.0 Å². The van der Waals surface area contributed by atoms with Crippen LogP contribution in [-0.4, -0.2) is 54.0 Å². The van der Waals surface area contributed by atoms with Gasteiger partial charge in [0, 0.05) is 18.1 Å². The fraction of sp³-hybridized carbons (Fsp3) is 0.722. The average molecular weight is 404 g/mol. The lowest BCUT2D eigenvalue weighted by Gasteiger charge is -2.34. The van der Waals surface area contributed by atoms with Gasteiger partial charge in [0.05, 0.1) is 23.7 Å². The summed E-state index contributed by atoms with van der Waals surface area (Å²) in [5.74, 6) is -4.66. The van der Waals surface area contributed by atoms with Crippen molar-refractivity contribution >= 4 is 12.6 Å². The van der Waals surface area contributed by atoms with Gasteiger partial charge in [0.2, 0.25) is 0 Å². The Morgan fingerprint density at radius 1 is 1.11 bits per heavy atom. The predicted molar refractivity (Wildman–Crippen MR) is 92.3 cm³/mol. The summed E-state index contributed by atoms with van der Waals surface area (Å²) < 4.78 is 79.0. The van der Waals surface area contributed by atoms with Crippen LogP contribution in [0.2, 0.25) is 0 Å². The van der Waals surface area contributed by atoms with Crippen molar-refractivity contribution in [2.45, 2.75) is 56.4 Å². The Balaban J connectivity index is 1.36. The van der Waals surface area contributed by atoms with E-state index >= 15 is 0 Å². The highest BCUT2D eigenvalue weighted by Crippen LogP contribution is 2.58. The Morgan fingerprint density at radius 3 is 2.21 bits per heavy atom. The molecule has 0 radical (unpaired) electrons. The number of pyridine rings is 1. The fourth-order valence-corrected chi connectivity index (χ4v) is 4.11. The van der Waals surface area contributed by atoms with E-state index in [-0.39, 0.29) is 37.1 Å². The van der Waals surface area contributed by atoms with E-state index in [4.69, 9.17) is 9.31 Å². The molecule has 0 amide bonds. The van der Waals surface area contributed by atoms with Crippen molar-refractivity contribution in [1.29, 1.82) is 0 Å². The molecule has 1 aromatic heterocycles. The van der Waals surface area contributed by atoms with E-state index in [0.29, 0.717) is 5.46 Å². The minimum Gasteiger partial charge on any atom is -0.399 e. The van der Waals surface area contributed by atoms with Crippen molar-refractivity contribution in [3.05, 3.63) is 24.0 Å². The molecule has 2 aliphatic heterocycles. The number of halogens is 5. The summed E-state index contributed by atoms with van der Waals surface area (Å²) in [5, 5.41) is 0. The Bertz CT molecular complexity index is 722. The molecule has 1 aromatic rings. The number of piperidine rings is 1. The highest BCUT2D eigenvalue weighted by Gasteiger charge is 2.71. The zero-order chi connectivity index (χ0) is 20.4. The molecule has 2 unspecified atom stereocenters. The van der Waals surface area contributed by atoms with Crippen LogP contribution in [0.4, 0.5) is 22.0 Å². The van der Waals surface area contributed by atoms with Gasteiger partial charge in [-0.1, -0.05) is 6.07 Å². The zero-order valence-corrected chi connectivity index (χ0v) is 15.7. The first-order valence-electron chi connectivity index (χ1n) is 9.41. The molecule has 1 saturated carbocycles. The number of rotatable bonds is 4. The largest absolute Gasteiger partial charge is 0.496 e. The van der Waals surface area contributed by atoms with E-state index < -0.39 is 37.4 Å². The van der Waals surface area contributed by atoms with Crippen LogP contribution in [0.25, 0.3) is 0 Å². The lowest BCUT2D eigenvalue weighted by atomic mass is 9.80. The van der Waals surface area contributed by atoms with E-state index in [9.17, 15) is 22.0 Å². The van der Waals surface area contributed by atoms with Crippen molar-refractivity contribution in [2.24, 2.45) is 5.92 Å². The van der Waals surface area contributed by atoms with Crippen molar-refractivity contribution < 1.29 is 31.3 Å². The van der Waals surface area contributed by atoms with Crippen LogP contribution in [-0.2, 0) is 15.2 Å². The smallest absolute Gasteiger partial charge is 0.399 e. The Hall–Kier alpha value is -1.26. The van der Waals surface area contributed by atoms with Gasteiger partial charge in [0.25, 0.3) is 0 Å². The van der Waals surface area contributed by atoms with Crippen LogP contribution in [0, 0.1) is 5.92 Å². The summed E-state index contributed by atoms with van der Waals surface area (Å²) in [4.78, 5) is 5.25. The normalized spacial score (nSPS) is 31.9. The Labute approximate surface area is 160 Å². The molecule has 10 heteroatoms. The van der Waals surface area contributed by atoms with Crippen molar-refractivity contribution in [1.82, 2.24) is 9.88 Å². The summed E-state index contributed by atoms with van der Waals surface area (Å²) in [6, 6.07) is 2.74. The molecule has 2 atom stereocenters. The quantitative estimate of drug-likeness (QED) is 0.571. The van der Waals surface area contributed by atoms with E-state index in [0.717, 1.165) is 6.42 Å². The molecule has 2 saturated heterocycles. The number of fused-ring (bicyclic) bond motifs is 1. The summed E-state index contributed by atoms with van der Waals surface area (Å²) in [7, 11) is -0.625. The molecule has 0 aromatic carbocycles. The first kappa shape index (κ1) is 20.0. The maximum absolute atomic E-state index is 14.6. The third-order valence-corrected chi connectivity index (χ3v) is 6.31. The topological polar surface area (TPSA) is 34.6 Å². The number of hydrogen-bond acceptors (Lipinski definition) is 4. The van der Waals surface area contributed by atoms with Crippen LogP contribution in [0.1, 0.15) is 38.8 Å². The number of likely N-dealkylation sites (tertiary alicyclic amines) is 1. The Kier molecular flexibility index (Phi) is 4.56. The van der Waals surface area contributed by atoms with Gasteiger partial charge in [-0.3, -0.25) is 9.88 Å². The second-order valence-electron chi connectivity index (χ2n) is 8.48. The maximum Gasteiger partial charge on any atom is 0.496 e. The second kappa shape index (κ2) is 6.37. The van der Waals surface area contributed by atoms with Crippen LogP contribution in [0.15, 0.2) is 18.3 Å². The number of nitrogens with zero attached hydrogens (tertiary/aromatic N) is 2. The van der Waals surface area contributed by atoms with Crippen LogP contribution < -0.4 is 5.46 Å². The van der Waals surface area contributed by atoms with E-state index in [1.54, 1.807) is 0 Å². The second-order valence-corrected chi connectivity index (χ2v) is 8.48. The highest BCUT2D eigenvalue weighted by atomic mass is 19.4. The monoisotopic (exact) mass is 404 g/mol. The summed E-state index contributed by atoms with van der Waals surface area (Å²) in [6.45, 7) is 3.25. The van der Waals surface area contributed by atoms with E-state index in [1.807, 2.05) is 13.8 Å². The zero-order valence-electron chi connectivity index (χ0n) is 15.7. The first-order chi connectivity index (χ1) is 12.9. The molecule has 4 nitrogen and oxygen atoms in total. The molecule has 1 aliphatic carbocycles. The SMILES string of the molecule is CC12CC1(C)OB(c1ccc(C(F)(F)CN3CCC(C(F)(F)F)CC3)nc1)O2. The van der Waals surface area contributed by atoms with Gasteiger partial charge >= 0.3 is 19.2 Å². The van der Waals surface area contributed by atoms with Gasteiger partial charge in [0.1, 0.15) is 5.69 Å². The summed E-state index contributed by atoms with van der Waals surface area (Å²) in [5.41, 5.74) is -0.527. The fourth-order valence-electron chi connectivity index (χ4n) is 4.11. The highest BCUT2D eigenvalue weighted by molar-refractivity contribution is 6.62. The lowest BCUT2D eigenvalue weighted by Crippen LogP contribution is -2.44. The lowest BCUT2D eigenvalue weighted by molar-refractivity contribution is -0.187. The van der Waals surface area contributed by atoms with Gasteiger partial charge in [0.15, 0.2) is 0 Å². The minimum absolute atomic E-state index is 0.00122. The van der Waals surface area contributed by atoms with Gasteiger partial charge in [-0.05, 0) is 45.8 Å². The van der Waals surface area contributed by atoms with Crippen LogP contribution in [0.5, 0.6) is 0 Å². The first-order valence-corrected chi connectivity index (χ1v) is 9.41. The number of aromatic nitrogens is 1. The molecular weight excluding hydrogens is 382 g/mol. The van der Waals surface area contributed by atoms with Gasteiger partial charge in [-0.15, -0.1) is 0 Å². The van der Waals surface area contributed by atoms with Gasteiger partial charge in [-0.25, -0.2) is 0 Å². The molecule has 0 bridgehead atoms. The van der Waals surface area contributed by atoms with Crippen molar-refractivity contribution in [2.75, 3.05) is 19.6 Å². The van der Waals surface area contributed by atoms with Crippen LogP contribution in [0.3, 0.4) is 0 Å².